The van der Waals surface area contributed by atoms with Crippen LogP contribution < -0.4 is 5.32 Å². The molecule has 0 spiro atoms. The van der Waals surface area contributed by atoms with E-state index in [-0.39, 0.29) is 0 Å². The Morgan fingerprint density at radius 3 is 2.88 bits per heavy atom. The minimum atomic E-state index is 0.462. The van der Waals surface area contributed by atoms with E-state index in [2.05, 4.69) is 31.0 Å². The van der Waals surface area contributed by atoms with Crippen molar-refractivity contribution in [2.24, 2.45) is 11.8 Å². The van der Waals surface area contributed by atoms with Crippen LogP contribution in [0, 0.1) is 11.8 Å². The van der Waals surface area contributed by atoms with Crippen molar-refractivity contribution in [1.82, 2.24) is 10.2 Å². The first-order valence-electron chi connectivity index (χ1n) is 7.24. The molecule has 2 heterocycles. The van der Waals surface area contributed by atoms with Crippen LogP contribution in [0.3, 0.4) is 0 Å². The Labute approximate surface area is 106 Å². The number of hydrogen-bond acceptors (Lipinski definition) is 3. The highest BCUT2D eigenvalue weighted by Crippen LogP contribution is 2.22. The van der Waals surface area contributed by atoms with Crippen LogP contribution in [0.4, 0.5) is 0 Å². The number of hydrogen-bond donors (Lipinski definition) is 1. The van der Waals surface area contributed by atoms with Gasteiger partial charge in [-0.25, -0.2) is 0 Å². The summed E-state index contributed by atoms with van der Waals surface area (Å²) in [6.07, 6.45) is 2.99. The molecule has 0 saturated carbocycles. The zero-order valence-electron chi connectivity index (χ0n) is 11.6. The summed E-state index contributed by atoms with van der Waals surface area (Å²) in [5, 5.41) is 3.67. The van der Waals surface area contributed by atoms with E-state index in [9.17, 15) is 0 Å². The summed E-state index contributed by atoms with van der Waals surface area (Å²) in [5.41, 5.74) is 0. The number of nitrogens with zero attached hydrogens (tertiary/aromatic N) is 1. The highest BCUT2D eigenvalue weighted by molar-refractivity contribution is 4.82. The first kappa shape index (κ1) is 13.3. The van der Waals surface area contributed by atoms with Crippen molar-refractivity contribution >= 4 is 0 Å². The molecule has 17 heavy (non-hydrogen) atoms. The maximum absolute atomic E-state index is 5.67. The molecular weight excluding hydrogens is 212 g/mol. The molecule has 100 valence electrons. The summed E-state index contributed by atoms with van der Waals surface area (Å²) in [5.74, 6) is 1.48. The Kier molecular flexibility index (Phi) is 4.83. The van der Waals surface area contributed by atoms with Gasteiger partial charge in [0.15, 0.2) is 0 Å². The quantitative estimate of drug-likeness (QED) is 0.813. The van der Waals surface area contributed by atoms with Crippen LogP contribution in [0.2, 0.25) is 0 Å². The van der Waals surface area contributed by atoms with Crippen LogP contribution in [0.15, 0.2) is 0 Å². The maximum atomic E-state index is 5.67. The zero-order valence-corrected chi connectivity index (χ0v) is 11.6. The first-order chi connectivity index (χ1) is 8.16. The van der Waals surface area contributed by atoms with Crippen molar-refractivity contribution in [2.45, 2.75) is 45.8 Å². The Morgan fingerprint density at radius 1 is 1.41 bits per heavy atom. The molecule has 3 nitrogen and oxygen atoms in total. The van der Waals surface area contributed by atoms with E-state index in [0.717, 1.165) is 18.4 Å². The van der Waals surface area contributed by atoms with Gasteiger partial charge in [0, 0.05) is 25.7 Å². The third-order valence-corrected chi connectivity index (χ3v) is 4.34. The van der Waals surface area contributed by atoms with Gasteiger partial charge in [-0.1, -0.05) is 13.8 Å². The molecule has 0 bridgehead atoms. The summed E-state index contributed by atoms with van der Waals surface area (Å²) in [7, 11) is 0. The van der Waals surface area contributed by atoms with Gasteiger partial charge in [0.1, 0.15) is 0 Å². The molecule has 0 aromatic carbocycles. The highest BCUT2D eigenvalue weighted by Gasteiger charge is 2.28. The summed E-state index contributed by atoms with van der Waals surface area (Å²) < 4.78 is 5.67. The van der Waals surface area contributed by atoms with Gasteiger partial charge in [-0.2, -0.15) is 0 Å². The fraction of sp³-hybridized carbons (Fsp3) is 1.00. The second kappa shape index (κ2) is 6.17. The standard InChI is InChI=1S/C14H28N2O/c1-11(2)14-10-16(7-4-6-15-14)9-13-5-8-17-12(13)3/h11-15H,4-10H2,1-3H3. The molecule has 0 amide bonds. The molecular formula is C14H28N2O. The van der Waals surface area contributed by atoms with Crippen LogP contribution >= 0.6 is 0 Å². The lowest BCUT2D eigenvalue weighted by molar-refractivity contribution is 0.0912. The van der Waals surface area contributed by atoms with Crippen molar-refractivity contribution in [3.63, 3.8) is 0 Å². The lowest BCUT2D eigenvalue weighted by Gasteiger charge is -2.29. The molecule has 1 N–H and O–H groups in total. The third-order valence-electron chi connectivity index (χ3n) is 4.34. The molecule has 3 atom stereocenters. The Balaban J connectivity index is 1.86. The number of rotatable bonds is 3. The van der Waals surface area contributed by atoms with E-state index in [1.165, 1.54) is 39.0 Å². The lowest BCUT2D eigenvalue weighted by atomic mass is 10.0. The normalized spacial score (nSPS) is 36.4. The molecule has 2 rings (SSSR count). The Bertz CT molecular complexity index is 232. The van der Waals surface area contributed by atoms with E-state index in [1.54, 1.807) is 0 Å². The largest absolute Gasteiger partial charge is 0.378 e. The topological polar surface area (TPSA) is 24.5 Å². The molecule has 0 aromatic heterocycles. The third kappa shape index (κ3) is 3.67. The molecule has 2 aliphatic heterocycles. The van der Waals surface area contributed by atoms with Crippen molar-refractivity contribution in [1.29, 1.82) is 0 Å². The van der Waals surface area contributed by atoms with Gasteiger partial charge in [0.2, 0.25) is 0 Å². The van der Waals surface area contributed by atoms with Gasteiger partial charge < -0.3 is 15.0 Å². The lowest BCUT2D eigenvalue weighted by Crippen LogP contribution is -2.43. The van der Waals surface area contributed by atoms with Crippen LogP contribution in [-0.2, 0) is 4.74 Å². The van der Waals surface area contributed by atoms with E-state index in [1.807, 2.05) is 0 Å². The summed E-state index contributed by atoms with van der Waals surface area (Å²) in [6.45, 7) is 12.7. The predicted octanol–water partition coefficient (Wildman–Crippen LogP) is 1.73. The van der Waals surface area contributed by atoms with Crippen molar-refractivity contribution in [2.75, 3.05) is 32.8 Å². The Hall–Kier alpha value is -0.120. The SMILES string of the molecule is CC(C)C1CN(CC2CCOC2C)CCCN1. The summed E-state index contributed by atoms with van der Waals surface area (Å²) in [6, 6.07) is 0.662. The fourth-order valence-electron chi connectivity index (χ4n) is 2.98. The van der Waals surface area contributed by atoms with Crippen LogP contribution in [0.1, 0.15) is 33.6 Å². The molecule has 3 unspecified atom stereocenters. The highest BCUT2D eigenvalue weighted by atomic mass is 16.5. The Morgan fingerprint density at radius 2 is 2.24 bits per heavy atom. The van der Waals surface area contributed by atoms with Crippen LogP contribution in [-0.4, -0.2) is 49.8 Å². The van der Waals surface area contributed by atoms with Gasteiger partial charge in [-0.15, -0.1) is 0 Å². The average Bonchev–Trinajstić information content (AvgIpc) is 2.55. The number of nitrogens with one attached hydrogen (secondary N) is 1. The molecule has 0 radical (unpaired) electrons. The van der Waals surface area contributed by atoms with Crippen molar-refractivity contribution < 1.29 is 4.74 Å². The summed E-state index contributed by atoms with van der Waals surface area (Å²) in [4.78, 5) is 2.65. The predicted molar refractivity (Wildman–Crippen MR) is 71.2 cm³/mol. The van der Waals surface area contributed by atoms with Crippen LogP contribution in [0.5, 0.6) is 0 Å². The number of ether oxygens (including phenoxy) is 1. The van der Waals surface area contributed by atoms with Gasteiger partial charge in [-0.3, -0.25) is 0 Å². The van der Waals surface area contributed by atoms with Crippen molar-refractivity contribution in [3.8, 4) is 0 Å². The molecule has 0 aliphatic carbocycles. The average molecular weight is 240 g/mol. The van der Waals surface area contributed by atoms with Gasteiger partial charge >= 0.3 is 0 Å². The minimum absolute atomic E-state index is 0.462. The van der Waals surface area contributed by atoms with E-state index < -0.39 is 0 Å². The minimum Gasteiger partial charge on any atom is -0.378 e. The molecule has 2 fully saturated rings. The van der Waals surface area contributed by atoms with Gasteiger partial charge in [-0.05, 0) is 44.7 Å². The van der Waals surface area contributed by atoms with Crippen molar-refractivity contribution in [3.05, 3.63) is 0 Å². The second-order valence-electron chi connectivity index (χ2n) is 6.04. The second-order valence-corrected chi connectivity index (χ2v) is 6.04. The van der Waals surface area contributed by atoms with E-state index in [4.69, 9.17) is 4.74 Å². The molecule has 0 aromatic rings. The molecule has 2 saturated heterocycles. The van der Waals surface area contributed by atoms with Gasteiger partial charge in [0.05, 0.1) is 6.10 Å². The van der Waals surface area contributed by atoms with E-state index >= 15 is 0 Å². The first-order valence-corrected chi connectivity index (χ1v) is 7.24. The van der Waals surface area contributed by atoms with Crippen LogP contribution in [0.25, 0.3) is 0 Å². The zero-order chi connectivity index (χ0) is 12.3. The maximum Gasteiger partial charge on any atom is 0.0588 e. The fourth-order valence-corrected chi connectivity index (χ4v) is 2.98. The van der Waals surface area contributed by atoms with Gasteiger partial charge in [0.25, 0.3) is 0 Å². The van der Waals surface area contributed by atoms with E-state index in [0.29, 0.717) is 12.1 Å². The smallest absolute Gasteiger partial charge is 0.0588 e. The summed E-state index contributed by atoms with van der Waals surface area (Å²) >= 11 is 0. The molecule has 2 aliphatic rings. The molecule has 3 heteroatoms. The monoisotopic (exact) mass is 240 g/mol.